The van der Waals surface area contributed by atoms with Crippen molar-refractivity contribution in [2.24, 2.45) is 0 Å². The van der Waals surface area contributed by atoms with Gasteiger partial charge in [0.1, 0.15) is 5.82 Å². The van der Waals surface area contributed by atoms with Crippen LogP contribution in [0.3, 0.4) is 0 Å². The van der Waals surface area contributed by atoms with Crippen LogP contribution >= 0.6 is 0 Å². The van der Waals surface area contributed by atoms with E-state index in [2.05, 4.69) is 193 Å². The molecule has 2 aromatic heterocycles. The number of rotatable bonds is 7. The van der Waals surface area contributed by atoms with Crippen molar-refractivity contribution in [3.05, 3.63) is 206 Å². The van der Waals surface area contributed by atoms with Crippen molar-refractivity contribution in [2.45, 2.75) is 0 Å². The summed E-state index contributed by atoms with van der Waals surface area (Å²) in [6.07, 6.45) is 0. The molecular weight excluding hydrogens is 669 g/mol. The van der Waals surface area contributed by atoms with E-state index in [4.69, 9.17) is 15.0 Å². The first-order valence-corrected chi connectivity index (χ1v) is 18.5. The Bertz CT molecular complexity index is 2950. The highest BCUT2D eigenvalue weighted by Gasteiger charge is 2.16. The molecule has 55 heavy (non-hydrogen) atoms. The summed E-state index contributed by atoms with van der Waals surface area (Å²) < 4.78 is 2.24. The van der Waals surface area contributed by atoms with Crippen molar-refractivity contribution in [3.63, 3.8) is 0 Å². The highest BCUT2D eigenvalue weighted by Crippen LogP contribution is 2.34. The van der Waals surface area contributed by atoms with Crippen molar-refractivity contribution in [1.29, 1.82) is 0 Å². The van der Waals surface area contributed by atoms with E-state index >= 15 is 0 Å². The Balaban J connectivity index is 1.04. The molecule has 4 nitrogen and oxygen atoms in total. The monoisotopic (exact) mass is 702 g/mol. The smallest absolute Gasteiger partial charge is 0.160 e. The zero-order valence-corrected chi connectivity index (χ0v) is 29.9. The van der Waals surface area contributed by atoms with E-state index in [9.17, 15) is 0 Å². The topological polar surface area (TPSA) is 43.6 Å². The third kappa shape index (κ3) is 6.26. The average molecular weight is 703 g/mol. The molecule has 0 atom stereocenters. The van der Waals surface area contributed by atoms with Gasteiger partial charge < -0.3 is 0 Å². The molecule has 0 fully saturated rings. The lowest BCUT2D eigenvalue weighted by Crippen LogP contribution is -1.97. The highest BCUT2D eigenvalue weighted by atomic mass is 15.1. The predicted molar refractivity (Wildman–Crippen MR) is 227 cm³/mol. The highest BCUT2D eigenvalue weighted by molar-refractivity contribution is 5.87. The lowest BCUT2D eigenvalue weighted by molar-refractivity contribution is 1.10. The van der Waals surface area contributed by atoms with E-state index < -0.39 is 0 Å². The van der Waals surface area contributed by atoms with Gasteiger partial charge in [0.05, 0.1) is 22.4 Å². The third-order valence-electron chi connectivity index (χ3n) is 10.2. The second-order valence-corrected chi connectivity index (χ2v) is 13.7. The number of imidazole rings is 1. The first-order valence-electron chi connectivity index (χ1n) is 18.5. The van der Waals surface area contributed by atoms with Gasteiger partial charge in [-0.3, -0.25) is 4.57 Å². The Labute approximate surface area is 319 Å². The summed E-state index contributed by atoms with van der Waals surface area (Å²) in [6.45, 7) is 0. The molecule has 10 rings (SSSR count). The van der Waals surface area contributed by atoms with Crippen LogP contribution in [0.2, 0.25) is 0 Å². The van der Waals surface area contributed by atoms with Gasteiger partial charge in [-0.15, -0.1) is 0 Å². The summed E-state index contributed by atoms with van der Waals surface area (Å²) in [6, 6.07) is 72.1. The van der Waals surface area contributed by atoms with Gasteiger partial charge in [0, 0.05) is 27.9 Å². The number of benzene rings is 8. The van der Waals surface area contributed by atoms with Crippen molar-refractivity contribution < 1.29 is 0 Å². The van der Waals surface area contributed by atoms with Crippen LogP contribution in [0.1, 0.15) is 0 Å². The molecule has 0 aliphatic rings. The van der Waals surface area contributed by atoms with Crippen LogP contribution < -0.4 is 0 Å². The van der Waals surface area contributed by atoms with Crippen LogP contribution in [-0.2, 0) is 0 Å². The van der Waals surface area contributed by atoms with Crippen molar-refractivity contribution in [1.82, 2.24) is 19.5 Å². The molecule has 2 heterocycles. The van der Waals surface area contributed by atoms with E-state index in [0.717, 1.165) is 72.7 Å². The molecule has 10 aromatic rings. The molecule has 4 heteroatoms. The van der Waals surface area contributed by atoms with Crippen molar-refractivity contribution in [3.8, 4) is 73.2 Å². The average Bonchev–Trinajstić information content (AvgIpc) is 3.67. The number of fused-ring (bicyclic) bond motifs is 2. The molecule has 0 aliphatic carbocycles. The van der Waals surface area contributed by atoms with E-state index in [1.165, 1.54) is 16.5 Å². The number of hydrogen-bond donors (Lipinski definition) is 0. The van der Waals surface area contributed by atoms with Gasteiger partial charge in [-0.2, -0.15) is 0 Å². The largest absolute Gasteiger partial charge is 0.292 e. The van der Waals surface area contributed by atoms with Crippen LogP contribution in [0.4, 0.5) is 0 Å². The Hall–Kier alpha value is -7.43. The second kappa shape index (κ2) is 13.8. The lowest BCUT2D eigenvalue weighted by Gasteiger charge is -2.12. The van der Waals surface area contributed by atoms with Gasteiger partial charge in [-0.05, 0) is 75.5 Å². The minimum atomic E-state index is 0.696. The fourth-order valence-corrected chi connectivity index (χ4v) is 7.39. The number of aromatic nitrogens is 4. The van der Waals surface area contributed by atoms with Gasteiger partial charge in [0.25, 0.3) is 0 Å². The zero-order chi connectivity index (χ0) is 36.6. The van der Waals surface area contributed by atoms with Crippen LogP contribution in [0, 0.1) is 0 Å². The minimum absolute atomic E-state index is 0.696. The maximum absolute atomic E-state index is 5.20. The van der Waals surface area contributed by atoms with Crippen LogP contribution in [0.15, 0.2) is 206 Å². The van der Waals surface area contributed by atoms with E-state index in [1.54, 1.807) is 0 Å². The Morgan fingerprint density at radius 2 is 0.855 bits per heavy atom. The summed E-state index contributed by atoms with van der Waals surface area (Å²) >= 11 is 0. The fraction of sp³-hybridized carbons (Fsp3) is 0. The second-order valence-electron chi connectivity index (χ2n) is 13.7. The van der Waals surface area contributed by atoms with Crippen LogP contribution in [0.5, 0.6) is 0 Å². The van der Waals surface area contributed by atoms with Crippen LogP contribution in [-0.4, -0.2) is 19.5 Å². The zero-order valence-electron chi connectivity index (χ0n) is 29.9. The Morgan fingerprint density at radius 3 is 1.64 bits per heavy atom. The molecule has 0 bridgehead atoms. The maximum Gasteiger partial charge on any atom is 0.160 e. The minimum Gasteiger partial charge on any atom is -0.292 e. The van der Waals surface area contributed by atoms with E-state index in [1.807, 2.05) is 18.2 Å². The molecule has 8 aromatic carbocycles. The van der Waals surface area contributed by atoms with Gasteiger partial charge in [0.2, 0.25) is 0 Å². The summed E-state index contributed by atoms with van der Waals surface area (Å²) in [4.78, 5) is 15.4. The van der Waals surface area contributed by atoms with Crippen molar-refractivity contribution >= 4 is 21.8 Å². The molecule has 0 aliphatic heterocycles. The molecule has 0 amide bonds. The van der Waals surface area contributed by atoms with Gasteiger partial charge in [-0.1, -0.05) is 164 Å². The van der Waals surface area contributed by atoms with Gasteiger partial charge >= 0.3 is 0 Å². The van der Waals surface area contributed by atoms with Crippen molar-refractivity contribution in [2.75, 3.05) is 0 Å². The van der Waals surface area contributed by atoms with E-state index in [-0.39, 0.29) is 0 Å². The molecule has 258 valence electrons. The third-order valence-corrected chi connectivity index (χ3v) is 10.2. The lowest BCUT2D eigenvalue weighted by atomic mass is 9.99. The Morgan fingerprint density at radius 1 is 0.309 bits per heavy atom. The van der Waals surface area contributed by atoms with E-state index in [0.29, 0.717) is 5.82 Å². The molecule has 0 saturated carbocycles. The normalized spacial score (nSPS) is 11.3. The predicted octanol–water partition coefficient (Wildman–Crippen LogP) is 13.0. The Kier molecular flexibility index (Phi) is 8.12. The van der Waals surface area contributed by atoms with Crippen LogP contribution in [0.25, 0.3) is 95.0 Å². The number of para-hydroxylation sites is 3. The quantitative estimate of drug-likeness (QED) is 0.166. The first-order chi connectivity index (χ1) is 27.2. The number of nitrogens with zero attached hydrogens (tertiary/aromatic N) is 4. The molecule has 0 saturated heterocycles. The van der Waals surface area contributed by atoms with Gasteiger partial charge in [0.15, 0.2) is 5.82 Å². The summed E-state index contributed by atoms with van der Waals surface area (Å²) in [7, 11) is 0. The first kappa shape index (κ1) is 32.2. The molecule has 0 N–H and O–H groups in total. The summed E-state index contributed by atoms with van der Waals surface area (Å²) in [5, 5.41) is 2.35. The summed E-state index contributed by atoms with van der Waals surface area (Å²) in [5.74, 6) is 1.61. The summed E-state index contributed by atoms with van der Waals surface area (Å²) in [5.41, 5.74) is 13.6. The van der Waals surface area contributed by atoms with Gasteiger partial charge in [-0.25, -0.2) is 15.0 Å². The molecule has 0 spiro atoms. The maximum atomic E-state index is 5.20. The molecule has 0 radical (unpaired) electrons. The standard InChI is InChI=1S/C51H34N4/c1-3-12-35(13-4-1)37-22-27-39(28-23-37)47-34-48(53-50(52-47)44-31-26-36-14-7-8-15-41(36)33-44)43-17-11-16-42(32-43)38-24-29-40(30-25-38)51-54-46-20-9-10-21-49(46)55(51)45-18-5-2-6-19-45/h1-34H. The molecule has 0 unspecified atom stereocenters. The number of hydrogen-bond acceptors (Lipinski definition) is 3. The fourth-order valence-electron chi connectivity index (χ4n) is 7.39. The SMILES string of the molecule is c1ccc(-c2ccc(-c3cc(-c4cccc(-c5ccc(-c6nc7ccccc7n6-c6ccccc6)cc5)c4)nc(-c4ccc5ccccc5c4)n3)cc2)cc1. The molecular formula is C51H34N4.